The molecule has 2 aliphatic heterocycles. The number of benzene rings is 1. The highest BCUT2D eigenvalue weighted by atomic mass is 32.2. The number of carbonyl (C=O) groups is 1. The third-order valence-corrected chi connectivity index (χ3v) is 5.58. The van der Waals surface area contributed by atoms with E-state index in [-0.39, 0.29) is 11.9 Å². The minimum Gasteiger partial charge on any atom is -0.458 e. The van der Waals surface area contributed by atoms with Gasteiger partial charge < -0.3 is 15.1 Å². The number of furan rings is 1. The van der Waals surface area contributed by atoms with E-state index in [0.717, 1.165) is 22.0 Å². The van der Waals surface area contributed by atoms with Gasteiger partial charge in [-0.3, -0.25) is 4.79 Å². The first-order valence-corrected chi connectivity index (χ1v) is 8.89. The van der Waals surface area contributed by atoms with Crippen molar-refractivity contribution >= 4 is 17.7 Å². The summed E-state index contributed by atoms with van der Waals surface area (Å²) < 4.78 is 5.44. The Morgan fingerprint density at radius 1 is 1.30 bits per heavy atom. The van der Waals surface area contributed by atoms with Crippen molar-refractivity contribution in [1.29, 1.82) is 0 Å². The molecule has 2 saturated heterocycles. The average molecular weight is 328 g/mol. The number of fused-ring (bicyclic) bond motifs is 2. The van der Waals surface area contributed by atoms with Crippen molar-refractivity contribution in [2.75, 3.05) is 0 Å². The van der Waals surface area contributed by atoms with E-state index < -0.39 is 0 Å². The monoisotopic (exact) mass is 328 g/mol. The molecule has 2 aliphatic rings. The van der Waals surface area contributed by atoms with Crippen LogP contribution in [0.2, 0.25) is 0 Å². The van der Waals surface area contributed by atoms with Crippen molar-refractivity contribution in [2.45, 2.75) is 54.3 Å². The molecule has 2 bridgehead atoms. The lowest BCUT2D eigenvalue weighted by Crippen LogP contribution is -2.42. The fourth-order valence-corrected chi connectivity index (χ4v) is 4.33. The SMILES string of the molecule is Cc1coc(Sc2ccc(C(=O)N[C@@H]3C[C@H]4CC[C@@H]3N4)cc2)c1. The number of hydrogen-bond donors (Lipinski definition) is 2. The van der Waals surface area contributed by atoms with Crippen LogP contribution in [0.25, 0.3) is 0 Å². The average Bonchev–Trinajstić information content (AvgIpc) is 3.25. The third-order valence-electron chi connectivity index (χ3n) is 4.66. The Bertz CT molecular complexity index is 710. The van der Waals surface area contributed by atoms with Crippen molar-refractivity contribution in [3.8, 4) is 0 Å². The normalized spacial score (nSPS) is 25.7. The van der Waals surface area contributed by atoms with Crippen LogP contribution in [-0.4, -0.2) is 24.0 Å². The number of nitrogens with one attached hydrogen (secondary N) is 2. The fraction of sp³-hybridized carbons (Fsp3) is 0.389. The lowest BCUT2D eigenvalue weighted by Gasteiger charge is -2.21. The second-order valence-electron chi connectivity index (χ2n) is 6.43. The Kier molecular flexibility index (Phi) is 3.91. The third kappa shape index (κ3) is 3.16. The van der Waals surface area contributed by atoms with Gasteiger partial charge in [-0.1, -0.05) is 11.8 Å². The van der Waals surface area contributed by atoms with Crippen molar-refractivity contribution in [3.63, 3.8) is 0 Å². The minimum atomic E-state index is 0.0229. The van der Waals surface area contributed by atoms with Crippen LogP contribution >= 0.6 is 11.8 Å². The van der Waals surface area contributed by atoms with Crippen molar-refractivity contribution < 1.29 is 9.21 Å². The highest BCUT2D eigenvalue weighted by molar-refractivity contribution is 7.99. The molecule has 2 aromatic rings. The molecule has 3 atom stereocenters. The van der Waals surface area contributed by atoms with Crippen LogP contribution < -0.4 is 10.6 Å². The topological polar surface area (TPSA) is 54.3 Å². The molecule has 4 nitrogen and oxygen atoms in total. The van der Waals surface area contributed by atoms with E-state index in [1.54, 1.807) is 18.0 Å². The van der Waals surface area contributed by atoms with E-state index in [9.17, 15) is 4.79 Å². The summed E-state index contributed by atoms with van der Waals surface area (Å²) in [5, 5.41) is 7.59. The summed E-state index contributed by atoms with van der Waals surface area (Å²) in [6.45, 7) is 2.01. The molecule has 120 valence electrons. The number of rotatable bonds is 4. The highest BCUT2D eigenvalue weighted by Gasteiger charge is 2.39. The summed E-state index contributed by atoms with van der Waals surface area (Å²) in [6.07, 6.45) is 5.22. The number of aryl methyl sites for hydroxylation is 1. The lowest BCUT2D eigenvalue weighted by atomic mass is 9.95. The second kappa shape index (κ2) is 6.06. The van der Waals surface area contributed by atoms with Gasteiger partial charge in [0.05, 0.1) is 6.26 Å². The van der Waals surface area contributed by atoms with Gasteiger partial charge in [0.1, 0.15) is 0 Å². The molecule has 1 amide bonds. The molecular formula is C18H20N2O2S. The van der Waals surface area contributed by atoms with Gasteiger partial charge in [0.2, 0.25) is 0 Å². The Labute approximate surface area is 140 Å². The van der Waals surface area contributed by atoms with E-state index in [1.165, 1.54) is 12.8 Å². The standard InChI is InChI=1S/C18H20N2O2S/c1-11-8-17(22-10-11)23-14-5-2-12(3-6-14)18(21)20-16-9-13-4-7-15(16)19-13/h2-3,5-6,8,10,13,15-16,19H,4,7,9H2,1H3,(H,20,21)/t13-,15+,16-/m1/s1. The predicted molar refractivity (Wildman–Crippen MR) is 89.8 cm³/mol. The van der Waals surface area contributed by atoms with E-state index in [0.29, 0.717) is 17.6 Å². The molecule has 0 spiro atoms. The molecule has 3 heterocycles. The maximum absolute atomic E-state index is 12.4. The molecule has 1 aromatic carbocycles. The maximum Gasteiger partial charge on any atom is 0.251 e. The highest BCUT2D eigenvalue weighted by Crippen LogP contribution is 2.30. The summed E-state index contributed by atoms with van der Waals surface area (Å²) in [5.74, 6) is 0.0229. The van der Waals surface area contributed by atoms with Gasteiger partial charge in [0, 0.05) is 28.6 Å². The molecule has 4 rings (SSSR count). The summed E-state index contributed by atoms with van der Waals surface area (Å²) in [4.78, 5) is 13.5. The number of carbonyl (C=O) groups excluding carboxylic acids is 1. The molecule has 2 fully saturated rings. The lowest BCUT2D eigenvalue weighted by molar-refractivity contribution is 0.0931. The Hall–Kier alpha value is -1.72. The van der Waals surface area contributed by atoms with Gasteiger partial charge in [0.15, 0.2) is 5.09 Å². The van der Waals surface area contributed by atoms with Crippen LogP contribution in [0.4, 0.5) is 0 Å². The van der Waals surface area contributed by atoms with Gasteiger partial charge in [-0.2, -0.15) is 0 Å². The first kappa shape index (κ1) is 14.8. The van der Waals surface area contributed by atoms with Gasteiger partial charge in [-0.05, 0) is 62.1 Å². The molecule has 2 N–H and O–H groups in total. The van der Waals surface area contributed by atoms with Gasteiger partial charge in [-0.15, -0.1) is 0 Å². The summed E-state index contributed by atoms with van der Waals surface area (Å²) >= 11 is 1.56. The first-order valence-electron chi connectivity index (χ1n) is 8.07. The molecule has 23 heavy (non-hydrogen) atoms. The second-order valence-corrected chi connectivity index (χ2v) is 7.51. The largest absolute Gasteiger partial charge is 0.458 e. The number of amides is 1. The van der Waals surface area contributed by atoms with Crippen LogP contribution in [0.1, 0.15) is 35.2 Å². The zero-order chi connectivity index (χ0) is 15.8. The van der Waals surface area contributed by atoms with Gasteiger partial charge in [-0.25, -0.2) is 0 Å². The van der Waals surface area contributed by atoms with Gasteiger partial charge >= 0.3 is 0 Å². The van der Waals surface area contributed by atoms with Crippen molar-refractivity contribution in [2.24, 2.45) is 0 Å². The van der Waals surface area contributed by atoms with Crippen molar-refractivity contribution in [3.05, 3.63) is 47.7 Å². The van der Waals surface area contributed by atoms with Crippen molar-refractivity contribution in [1.82, 2.24) is 10.6 Å². The molecule has 0 radical (unpaired) electrons. The zero-order valence-corrected chi connectivity index (χ0v) is 13.9. The quantitative estimate of drug-likeness (QED) is 0.903. The van der Waals surface area contributed by atoms with Gasteiger partial charge in [0.25, 0.3) is 5.91 Å². The maximum atomic E-state index is 12.4. The Morgan fingerprint density at radius 2 is 2.13 bits per heavy atom. The molecule has 1 aromatic heterocycles. The summed E-state index contributed by atoms with van der Waals surface area (Å²) in [5.41, 5.74) is 1.83. The summed E-state index contributed by atoms with van der Waals surface area (Å²) in [6, 6.07) is 11.0. The molecule has 0 saturated carbocycles. The summed E-state index contributed by atoms with van der Waals surface area (Å²) in [7, 11) is 0. The predicted octanol–water partition coefficient (Wildman–Crippen LogP) is 3.36. The van der Waals surface area contributed by atoms with Crippen LogP contribution in [-0.2, 0) is 0 Å². The van der Waals surface area contributed by atoms with Crippen LogP contribution in [0.15, 0.2) is 51.0 Å². The molecule has 0 unspecified atom stereocenters. The van der Waals surface area contributed by atoms with Crippen LogP contribution in [0.3, 0.4) is 0 Å². The molecule has 0 aliphatic carbocycles. The van der Waals surface area contributed by atoms with E-state index in [2.05, 4.69) is 10.6 Å². The minimum absolute atomic E-state index is 0.0229. The smallest absolute Gasteiger partial charge is 0.251 e. The van der Waals surface area contributed by atoms with E-state index in [4.69, 9.17) is 4.42 Å². The molecular weight excluding hydrogens is 308 g/mol. The number of hydrogen-bond acceptors (Lipinski definition) is 4. The molecule has 5 heteroatoms. The van der Waals surface area contributed by atoms with E-state index in [1.807, 2.05) is 37.3 Å². The Balaban J connectivity index is 1.38. The van der Waals surface area contributed by atoms with E-state index >= 15 is 0 Å². The van der Waals surface area contributed by atoms with Crippen LogP contribution in [0, 0.1) is 6.92 Å². The first-order chi connectivity index (χ1) is 11.2. The Morgan fingerprint density at radius 3 is 2.74 bits per heavy atom. The zero-order valence-electron chi connectivity index (χ0n) is 13.0. The fourth-order valence-electron chi connectivity index (χ4n) is 3.48. The van der Waals surface area contributed by atoms with Crippen LogP contribution in [0.5, 0.6) is 0 Å².